The molecule has 5 nitrogen and oxygen atoms in total. The summed E-state index contributed by atoms with van der Waals surface area (Å²) >= 11 is 5.90. The number of carboxylic acids is 1. The third-order valence-corrected chi connectivity index (χ3v) is 4.19. The fraction of sp³-hybridized carbons (Fsp3) is 0.263. The van der Waals surface area contributed by atoms with Gasteiger partial charge in [0.2, 0.25) is 5.91 Å². The van der Waals surface area contributed by atoms with Gasteiger partial charge in [-0.2, -0.15) is 0 Å². The number of amides is 1. The highest BCUT2D eigenvalue weighted by Gasteiger charge is 2.30. The SMILES string of the molecule is COCc1cc(NC(=O)C(C)(C)c2ccc(Cl)cc2)cc(C(=O)O)c1. The van der Waals surface area contributed by atoms with E-state index in [1.807, 2.05) is 0 Å². The maximum atomic E-state index is 12.7. The van der Waals surface area contributed by atoms with Crippen molar-refractivity contribution in [3.63, 3.8) is 0 Å². The standard InChI is InChI=1S/C19H20ClNO4/c1-19(2,14-4-6-15(20)7-5-14)18(24)21-16-9-12(11-25-3)8-13(10-16)17(22)23/h4-10H,11H2,1-3H3,(H,21,24)(H,22,23). The van der Waals surface area contributed by atoms with E-state index in [9.17, 15) is 14.7 Å². The minimum Gasteiger partial charge on any atom is -0.478 e. The van der Waals surface area contributed by atoms with Crippen LogP contribution in [0.3, 0.4) is 0 Å². The summed E-state index contributed by atoms with van der Waals surface area (Å²) in [5.74, 6) is -1.31. The Hall–Kier alpha value is -2.37. The molecule has 0 unspecified atom stereocenters. The van der Waals surface area contributed by atoms with E-state index in [0.717, 1.165) is 5.56 Å². The summed E-state index contributed by atoms with van der Waals surface area (Å²) in [5, 5.41) is 12.6. The van der Waals surface area contributed by atoms with E-state index >= 15 is 0 Å². The molecular formula is C19H20ClNO4. The van der Waals surface area contributed by atoms with E-state index in [0.29, 0.717) is 16.3 Å². The lowest BCUT2D eigenvalue weighted by Crippen LogP contribution is -2.34. The average Bonchev–Trinajstić information content (AvgIpc) is 2.55. The lowest BCUT2D eigenvalue weighted by Gasteiger charge is -2.24. The van der Waals surface area contributed by atoms with E-state index < -0.39 is 11.4 Å². The molecule has 2 rings (SSSR count). The van der Waals surface area contributed by atoms with Crippen LogP contribution in [0.15, 0.2) is 42.5 Å². The van der Waals surface area contributed by atoms with Gasteiger partial charge in [0.15, 0.2) is 0 Å². The summed E-state index contributed by atoms with van der Waals surface area (Å²) in [6.45, 7) is 3.84. The summed E-state index contributed by atoms with van der Waals surface area (Å²) in [6, 6.07) is 11.7. The van der Waals surface area contributed by atoms with Gasteiger partial charge in [0, 0.05) is 17.8 Å². The van der Waals surface area contributed by atoms with Crippen LogP contribution < -0.4 is 5.32 Å². The average molecular weight is 362 g/mol. The molecule has 1 amide bonds. The van der Waals surface area contributed by atoms with Crippen LogP contribution >= 0.6 is 11.6 Å². The normalized spacial score (nSPS) is 11.2. The molecule has 6 heteroatoms. The molecule has 0 aliphatic carbocycles. The fourth-order valence-corrected chi connectivity index (χ4v) is 2.55. The van der Waals surface area contributed by atoms with Gasteiger partial charge in [0.1, 0.15) is 0 Å². The van der Waals surface area contributed by atoms with Gasteiger partial charge >= 0.3 is 5.97 Å². The van der Waals surface area contributed by atoms with Crippen LogP contribution in [0.1, 0.15) is 35.3 Å². The van der Waals surface area contributed by atoms with Crippen molar-refractivity contribution in [2.45, 2.75) is 25.9 Å². The van der Waals surface area contributed by atoms with E-state index in [2.05, 4.69) is 5.32 Å². The molecule has 2 aromatic carbocycles. The predicted octanol–water partition coefficient (Wildman–Crippen LogP) is 4.10. The molecule has 0 atom stereocenters. The first-order valence-corrected chi connectivity index (χ1v) is 8.05. The van der Waals surface area contributed by atoms with Gasteiger partial charge in [-0.05, 0) is 55.3 Å². The predicted molar refractivity (Wildman–Crippen MR) is 97.2 cm³/mol. The van der Waals surface area contributed by atoms with E-state index in [1.165, 1.54) is 19.2 Å². The molecule has 0 fully saturated rings. The number of hydrogen-bond acceptors (Lipinski definition) is 3. The highest BCUT2D eigenvalue weighted by molar-refractivity contribution is 6.30. The van der Waals surface area contributed by atoms with Crippen molar-refractivity contribution >= 4 is 29.2 Å². The van der Waals surface area contributed by atoms with Crippen LogP contribution in [0.4, 0.5) is 5.69 Å². The van der Waals surface area contributed by atoms with Crippen molar-refractivity contribution in [2.75, 3.05) is 12.4 Å². The summed E-state index contributed by atoms with van der Waals surface area (Å²) in [6.07, 6.45) is 0. The number of methoxy groups -OCH3 is 1. The lowest BCUT2D eigenvalue weighted by molar-refractivity contribution is -0.120. The molecule has 0 saturated heterocycles. The quantitative estimate of drug-likeness (QED) is 0.812. The fourth-order valence-electron chi connectivity index (χ4n) is 2.42. The topological polar surface area (TPSA) is 75.6 Å². The molecular weight excluding hydrogens is 342 g/mol. The van der Waals surface area contributed by atoms with Crippen LogP contribution in [0.25, 0.3) is 0 Å². The summed E-state index contributed by atoms with van der Waals surface area (Å²) < 4.78 is 5.05. The van der Waals surface area contributed by atoms with Gasteiger partial charge in [0.25, 0.3) is 0 Å². The van der Waals surface area contributed by atoms with E-state index in [-0.39, 0.29) is 18.1 Å². The maximum absolute atomic E-state index is 12.7. The third-order valence-electron chi connectivity index (χ3n) is 3.94. The number of benzene rings is 2. The van der Waals surface area contributed by atoms with Gasteiger partial charge < -0.3 is 15.2 Å². The number of nitrogens with one attached hydrogen (secondary N) is 1. The molecule has 0 bridgehead atoms. The van der Waals surface area contributed by atoms with Crippen LogP contribution in [-0.4, -0.2) is 24.1 Å². The van der Waals surface area contributed by atoms with Crippen molar-refractivity contribution in [1.82, 2.24) is 0 Å². The zero-order valence-electron chi connectivity index (χ0n) is 14.3. The molecule has 0 aliphatic heterocycles. The molecule has 2 aromatic rings. The second-order valence-electron chi connectivity index (χ2n) is 6.24. The zero-order valence-corrected chi connectivity index (χ0v) is 15.1. The Balaban J connectivity index is 2.29. The van der Waals surface area contributed by atoms with Crippen molar-refractivity contribution in [1.29, 1.82) is 0 Å². The van der Waals surface area contributed by atoms with Gasteiger partial charge in [0.05, 0.1) is 17.6 Å². The zero-order chi connectivity index (χ0) is 18.6. The molecule has 2 N–H and O–H groups in total. The first kappa shape index (κ1) is 19.0. The number of carbonyl (C=O) groups excluding carboxylic acids is 1. The summed E-state index contributed by atoms with van der Waals surface area (Å²) in [7, 11) is 1.52. The van der Waals surface area contributed by atoms with Crippen molar-refractivity contribution in [2.24, 2.45) is 0 Å². The Bertz CT molecular complexity index is 785. The molecule has 0 saturated carbocycles. The minimum absolute atomic E-state index is 0.0918. The number of carbonyl (C=O) groups is 2. The van der Waals surface area contributed by atoms with Gasteiger partial charge in [-0.3, -0.25) is 4.79 Å². The van der Waals surface area contributed by atoms with Crippen molar-refractivity contribution in [3.8, 4) is 0 Å². The summed E-state index contributed by atoms with van der Waals surface area (Å²) in [5.41, 5.74) is 1.17. The molecule has 25 heavy (non-hydrogen) atoms. The van der Waals surface area contributed by atoms with E-state index in [4.69, 9.17) is 16.3 Å². The van der Waals surface area contributed by atoms with Crippen molar-refractivity contribution < 1.29 is 19.4 Å². The highest BCUT2D eigenvalue weighted by Crippen LogP contribution is 2.27. The first-order chi connectivity index (χ1) is 11.7. The maximum Gasteiger partial charge on any atom is 0.335 e. The second-order valence-corrected chi connectivity index (χ2v) is 6.68. The Kier molecular flexibility index (Phi) is 5.82. The lowest BCUT2D eigenvalue weighted by atomic mass is 9.83. The number of carboxylic acid groups (broad SMARTS) is 1. The molecule has 0 spiro atoms. The second kappa shape index (κ2) is 7.68. The largest absolute Gasteiger partial charge is 0.478 e. The minimum atomic E-state index is -1.06. The number of hydrogen-bond donors (Lipinski definition) is 2. The Morgan fingerprint density at radius 1 is 1.16 bits per heavy atom. The third kappa shape index (κ3) is 4.59. The molecule has 0 aromatic heterocycles. The number of rotatable bonds is 6. The molecule has 132 valence electrons. The smallest absolute Gasteiger partial charge is 0.335 e. The molecule has 0 aliphatic rings. The van der Waals surface area contributed by atoms with Crippen LogP contribution in [0.2, 0.25) is 5.02 Å². The van der Waals surface area contributed by atoms with Crippen LogP contribution in [-0.2, 0) is 21.6 Å². The number of halogens is 1. The highest BCUT2D eigenvalue weighted by atomic mass is 35.5. The van der Waals surface area contributed by atoms with Gasteiger partial charge in [-0.15, -0.1) is 0 Å². The monoisotopic (exact) mass is 361 g/mol. The number of anilines is 1. The molecule has 0 heterocycles. The summed E-state index contributed by atoms with van der Waals surface area (Å²) in [4.78, 5) is 24.0. The number of ether oxygens (including phenoxy) is 1. The van der Waals surface area contributed by atoms with Crippen LogP contribution in [0, 0.1) is 0 Å². The van der Waals surface area contributed by atoms with Crippen molar-refractivity contribution in [3.05, 3.63) is 64.2 Å². The molecule has 0 radical (unpaired) electrons. The first-order valence-electron chi connectivity index (χ1n) is 7.67. The van der Waals surface area contributed by atoms with Gasteiger partial charge in [-0.1, -0.05) is 23.7 Å². The van der Waals surface area contributed by atoms with E-state index in [1.54, 1.807) is 44.2 Å². The van der Waals surface area contributed by atoms with Gasteiger partial charge in [-0.25, -0.2) is 4.79 Å². The number of aromatic carboxylic acids is 1. The Labute approximate surface area is 151 Å². The Morgan fingerprint density at radius 2 is 1.80 bits per heavy atom. The van der Waals surface area contributed by atoms with Crippen LogP contribution in [0.5, 0.6) is 0 Å². The Morgan fingerprint density at radius 3 is 2.36 bits per heavy atom.